The third-order valence-electron chi connectivity index (χ3n) is 4.71. The van der Waals surface area contributed by atoms with Gasteiger partial charge in [-0.2, -0.15) is 13.2 Å². The Bertz CT molecular complexity index is 916. The van der Waals surface area contributed by atoms with E-state index in [9.17, 15) is 21.6 Å². The van der Waals surface area contributed by atoms with Gasteiger partial charge in [0, 0.05) is 31.4 Å². The van der Waals surface area contributed by atoms with Crippen LogP contribution in [-0.4, -0.2) is 42.4 Å². The molecule has 1 aromatic carbocycles. The average molecular weight is 429 g/mol. The highest BCUT2D eigenvalue weighted by molar-refractivity contribution is 7.88. The summed E-state index contributed by atoms with van der Waals surface area (Å²) in [6.45, 7) is 2.86. The Kier molecular flexibility index (Phi) is 6.42. The minimum absolute atomic E-state index is 0.00367. The van der Waals surface area contributed by atoms with Crippen molar-refractivity contribution in [2.24, 2.45) is 5.92 Å². The molecule has 1 atom stereocenters. The zero-order valence-electron chi connectivity index (χ0n) is 15.9. The third-order valence-corrected chi connectivity index (χ3v) is 6.53. The largest absolute Gasteiger partial charge is 0.463 e. The van der Waals surface area contributed by atoms with Gasteiger partial charge in [0.2, 0.25) is 10.0 Å². The zero-order chi connectivity index (χ0) is 21.1. The first-order chi connectivity index (χ1) is 13.6. The molecule has 3 rings (SSSR count). The maximum atomic E-state index is 12.7. The summed E-state index contributed by atoms with van der Waals surface area (Å²) in [6.07, 6.45) is 0.347. The highest BCUT2D eigenvalue weighted by Gasteiger charge is 2.31. The number of hydrogen-bond acceptors (Lipinski definition) is 5. The normalized spacial score (nSPS) is 18.6. The number of aromatic nitrogens is 2. The van der Waals surface area contributed by atoms with E-state index in [1.54, 1.807) is 12.4 Å². The Morgan fingerprint density at radius 3 is 2.45 bits per heavy atom. The second-order valence-electron chi connectivity index (χ2n) is 7.17. The predicted octanol–water partition coefficient (Wildman–Crippen LogP) is 3.42. The molecule has 1 saturated heterocycles. The van der Waals surface area contributed by atoms with Gasteiger partial charge in [-0.15, -0.1) is 0 Å². The quantitative estimate of drug-likeness (QED) is 0.704. The fourth-order valence-electron chi connectivity index (χ4n) is 3.16. The van der Waals surface area contributed by atoms with Crippen LogP contribution in [0.2, 0.25) is 0 Å². The maximum Gasteiger partial charge on any atom is 0.416 e. The van der Waals surface area contributed by atoms with Crippen LogP contribution in [0.5, 0.6) is 6.01 Å². The lowest BCUT2D eigenvalue weighted by Gasteiger charge is -2.31. The van der Waals surface area contributed by atoms with E-state index in [1.807, 2.05) is 6.92 Å². The number of rotatable bonds is 6. The van der Waals surface area contributed by atoms with Crippen LogP contribution >= 0.6 is 0 Å². The van der Waals surface area contributed by atoms with E-state index in [2.05, 4.69) is 9.97 Å². The average Bonchev–Trinajstić information content (AvgIpc) is 2.67. The van der Waals surface area contributed by atoms with Crippen LogP contribution in [0, 0.1) is 12.8 Å². The Balaban J connectivity index is 1.59. The van der Waals surface area contributed by atoms with E-state index in [0.717, 1.165) is 24.1 Å². The topological polar surface area (TPSA) is 72.4 Å². The van der Waals surface area contributed by atoms with Crippen molar-refractivity contribution < 1.29 is 26.3 Å². The molecule has 0 N–H and O–H groups in total. The molecule has 1 aliphatic heterocycles. The number of aryl methyl sites for hydroxylation is 1. The molecule has 1 aromatic heterocycles. The third kappa shape index (κ3) is 5.89. The lowest BCUT2D eigenvalue weighted by molar-refractivity contribution is -0.137. The maximum absolute atomic E-state index is 12.7. The Hall–Kier alpha value is -2.20. The summed E-state index contributed by atoms with van der Waals surface area (Å²) in [7, 11) is -3.64. The van der Waals surface area contributed by atoms with Crippen LogP contribution < -0.4 is 4.74 Å². The van der Waals surface area contributed by atoms with Crippen LogP contribution in [0.25, 0.3) is 0 Å². The van der Waals surface area contributed by atoms with E-state index in [1.165, 1.54) is 16.4 Å². The molecule has 0 amide bonds. The molecule has 0 radical (unpaired) electrons. The first kappa shape index (κ1) is 21.5. The molecule has 2 heterocycles. The van der Waals surface area contributed by atoms with Crippen LogP contribution in [0.1, 0.15) is 29.5 Å². The number of benzene rings is 1. The van der Waals surface area contributed by atoms with Gasteiger partial charge < -0.3 is 4.74 Å². The van der Waals surface area contributed by atoms with Crippen molar-refractivity contribution in [2.45, 2.75) is 31.7 Å². The minimum atomic E-state index is -4.45. The van der Waals surface area contributed by atoms with Gasteiger partial charge in [-0.1, -0.05) is 12.1 Å². The van der Waals surface area contributed by atoms with Crippen molar-refractivity contribution in [3.8, 4) is 6.01 Å². The predicted molar refractivity (Wildman–Crippen MR) is 101 cm³/mol. The second kappa shape index (κ2) is 8.66. The van der Waals surface area contributed by atoms with Crippen LogP contribution in [-0.2, 0) is 22.0 Å². The van der Waals surface area contributed by atoms with Gasteiger partial charge in [0.05, 0.1) is 17.9 Å². The second-order valence-corrected chi connectivity index (χ2v) is 9.14. The molecule has 10 heteroatoms. The SMILES string of the molecule is Cc1cnc(OCC2CCCN(S(=O)(=O)Cc3ccc(C(F)(F)F)cc3)C2)nc1. The molecule has 6 nitrogen and oxygen atoms in total. The summed E-state index contributed by atoms with van der Waals surface area (Å²) in [6, 6.07) is 4.47. The summed E-state index contributed by atoms with van der Waals surface area (Å²) in [4.78, 5) is 8.13. The molecule has 158 valence electrons. The highest BCUT2D eigenvalue weighted by Crippen LogP contribution is 2.29. The number of piperidine rings is 1. The van der Waals surface area contributed by atoms with E-state index in [4.69, 9.17) is 4.74 Å². The molecule has 2 aromatic rings. The van der Waals surface area contributed by atoms with Gasteiger partial charge in [-0.3, -0.25) is 0 Å². The number of ether oxygens (including phenoxy) is 1. The van der Waals surface area contributed by atoms with Gasteiger partial charge in [-0.25, -0.2) is 22.7 Å². The lowest BCUT2D eigenvalue weighted by atomic mass is 10.0. The molecule has 1 fully saturated rings. The van der Waals surface area contributed by atoms with Crippen molar-refractivity contribution in [2.75, 3.05) is 19.7 Å². The summed E-state index contributed by atoms with van der Waals surface area (Å²) in [5, 5.41) is 0. The number of hydrogen-bond donors (Lipinski definition) is 0. The summed E-state index contributed by atoms with van der Waals surface area (Å²) < 4.78 is 70.4. The molecule has 1 unspecified atom stereocenters. The smallest absolute Gasteiger partial charge is 0.416 e. The van der Waals surface area contributed by atoms with Crippen LogP contribution in [0.15, 0.2) is 36.7 Å². The monoisotopic (exact) mass is 429 g/mol. The van der Waals surface area contributed by atoms with Gasteiger partial charge >= 0.3 is 12.2 Å². The molecular formula is C19H22F3N3O3S. The first-order valence-electron chi connectivity index (χ1n) is 9.19. The van der Waals surface area contributed by atoms with Crippen LogP contribution in [0.3, 0.4) is 0 Å². The lowest BCUT2D eigenvalue weighted by Crippen LogP contribution is -2.42. The van der Waals surface area contributed by atoms with E-state index in [0.29, 0.717) is 31.7 Å². The summed E-state index contributed by atoms with van der Waals surface area (Å²) >= 11 is 0. The van der Waals surface area contributed by atoms with E-state index in [-0.39, 0.29) is 17.7 Å². The summed E-state index contributed by atoms with van der Waals surface area (Å²) in [5.74, 6) is -0.337. The molecule has 0 spiro atoms. The number of alkyl halides is 3. The minimum Gasteiger partial charge on any atom is -0.463 e. The van der Waals surface area contributed by atoms with Gasteiger partial charge in [0.1, 0.15) is 0 Å². The van der Waals surface area contributed by atoms with Crippen molar-refractivity contribution in [3.05, 3.63) is 53.3 Å². The van der Waals surface area contributed by atoms with Crippen molar-refractivity contribution in [3.63, 3.8) is 0 Å². The van der Waals surface area contributed by atoms with Gasteiger partial charge in [0.15, 0.2) is 0 Å². The summed E-state index contributed by atoms with van der Waals surface area (Å²) in [5.41, 5.74) is 0.437. The Morgan fingerprint density at radius 2 is 1.83 bits per heavy atom. The number of halogens is 3. The van der Waals surface area contributed by atoms with Gasteiger partial charge in [-0.05, 0) is 43.0 Å². The molecule has 1 aliphatic rings. The molecule has 0 saturated carbocycles. The zero-order valence-corrected chi connectivity index (χ0v) is 16.7. The molecule has 0 aliphatic carbocycles. The first-order valence-corrected chi connectivity index (χ1v) is 10.8. The van der Waals surface area contributed by atoms with E-state index >= 15 is 0 Å². The van der Waals surface area contributed by atoms with Crippen molar-refractivity contribution >= 4 is 10.0 Å². The molecular weight excluding hydrogens is 407 g/mol. The van der Waals surface area contributed by atoms with Crippen LogP contribution in [0.4, 0.5) is 13.2 Å². The fraction of sp³-hybridized carbons (Fsp3) is 0.474. The standard InChI is InChI=1S/C19H22F3N3O3S/c1-14-9-23-18(24-10-14)28-12-16-3-2-8-25(11-16)29(26,27)13-15-4-6-17(7-5-15)19(20,21)22/h4-7,9-10,16H,2-3,8,11-13H2,1H3. The van der Waals surface area contributed by atoms with E-state index < -0.39 is 21.8 Å². The Labute approximate surface area is 167 Å². The fourth-order valence-corrected chi connectivity index (χ4v) is 4.80. The van der Waals surface area contributed by atoms with Gasteiger partial charge in [0.25, 0.3) is 0 Å². The number of nitrogens with zero attached hydrogens (tertiary/aromatic N) is 3. The molecule has 0 bridgehead atoms. The highest BCUT2D eigenvalue weighted by atomic mass is 32.2. The molecule has 29 heavy (non-hydrogen) atoms. The van der Waals surface area contributed by atoms with Crippen molar-refractivity contribution in [1.82, 2.24) is 14.3 Å². The number of sulfonamides is 1. The Morgan fingerprint density at radius 1 is 1.17 bits per heavy atom. The van der Waals surface area contributed by atoms with Crippen molar-refractivity contribution in [1.29, 1.82) is 0 Å².